The van der Waals surface area contributed by atoms with Crippen LogP contribution in [-0.2, 0) is 6.42 Å². The van der Waals surface area contributed by atoms with Gasteiger partial charge in [-0.25, -0.2) is 8.78 Å². The Morgan fingerprint density at radius 1 is 1.06 bits per heavy atom. The number of hydrogen-bond donors (Lipinski definition) is 2. The molecule has 0 spiro atoms. The first-order valence-electron chi connectivity index (χ1n) is 11.4. The zero-order valence-corrected chi connectivity index (χ0v) is 18.5. The molecule has 3 heterocycles. The zero-order valence-electron chi connectivity index (χ0n) is 18.5. The third kappa shape index (κ3) is 4.20. The Morgan fingerprint density at radius 3 is 2.42 bits per heavy atom. The van der Waals surface area contributed by atoms with Gasteiger partial charge >= 0.3 is 0 Å². The summed E-state index contributed by atoms with van der Waals surface area (Å²) >= 11 is 0. The van der Waals surface area contributed by atoms with Crippen LogP contribution in [0.4, 0.5) is 14.5 Å². The molecule has 170 valence electrons. The molecule has 7 heteroatoms. The second-order valence-corrected chi connectivity index (χ2v) is 8.64. The second kappa shape index (κ2) is 8.90. The number of aryl methyl sites for hydroxylation is 1. The van der Waals surface area contributed by atoms with Gasteiger partial charge in [0.05, 0.1) is 29.1 Å². The highest BCUT2D eigenvalue weighted by molar-refractivity contribution is 5.94. The minimum atomic E-state index is -0.605. The normalized spacial score (nSPS) is 14.8. The fourth-order valence-corrected chi connectivity index (χ4v) is 4.53. The van der Waals surface area contributed by atoms with Crippen molar-refractivity contribution in [2.75, 3.05) is 18.0 Å². The van der Waals surface area contributed by atoms with Gasteiger partial charge in [0.25, 0.3) is 0 Å². The summed E-state index contributed by atoms with van der Waals surface area (Å²) in [6, 6.07) is 12.6. The van der Waals surface area contributed by atoms with Gasteiger partial charge in [-0.1, -0.05) is 25.5 Å². The number of aliphatic hydroxyl groups is 1. The summed E-state index contributed by atoms with van der Waals surface area (Å²) in [5.41, 5.74) is 4.18. The SMILES string of the molecule is CCCc1cc(F)c(-c2cc3c(-c4ccc(N5CCC(O)CC5)cc4)n[nH]c3cn2)c(F)c1. The van der Waals surface area contributed by atoms with E-state index in [0.29, 0.717) is 23.2 Å². The number of halogens is 2. The molecule has 1 fully saturated rings. The van der Waals surface area contributed by atoms with Crippen molar-refractivity contribution in [3.63, 3.8) is 0 Å². The molecule has 33 heavy (non-hydrogen) atoms. The summed E-state index contributed by atoms with van der Waals surface area (Å²) in [5.74, 6) is -1.21. The van der Waals surface area contributed by atoms with Crippen molar-refractivity contribution in [1.82, 2.24) is 15.2 Å². The van der Waals surface area contributed by atoms with E-state index < -0.39 is 11.6 Å². The first-order valence-corrected chi connectivity index (χ1v) is 11.4. The first-order chi connectivity index (χ1) is 16.0. The fourth-order valence-electron chi connectivity index (χ4n) is 4.53. The summed E-state index contributed by atoms with van der Waals surface area (Å²) in [4.78, 5) is 6.54. The number of fused-ring (bicyclic) bond motifs is 1. The van der Waals surface area contributed by atoms with Gasteiger partial charge in [-0.15, -0.1) is 0 Å². The van der Waals surface area contributed by atoms with E-state index in [1.54, 1.807) is 12.3 Å². The van der Waals surface area contributed by atoms with Gasteiger partial charge in [0.15, 0.2) is 0 Å². The molecular formula is C26H26F2N4O. The average Bonchev–Trinajstić information content (AvgIpc) is 3.23. The number of H-pyrrole nitrogens is 1. The molecule has 0 aliphatic carbocycles. The highest BCUT2D eigenvalue weighted by Crippen LogP contribution is 2.33. The van der Waals surface area contributed by atoms with Crippen LogP contribution in [-0.4, -0.2) is 39.5 Å². The van der Waals surface area contributed by atoms with Crippen molar-refractivity contribution in [3.8, 4) is 22.5 Å². The van der Waals surface area contributed by atoms with Gasteiger partial charge in [0.1, 0.15) is 17.3 Å². The number of hydrogen-bond acceptors (Lipinski definition) is 4. The summed E-state index contributed by atoms with van der Waals surface area (Å²) in [7, 11) is 0. The molecular weight excluding hydrogens is 422 g/mol. The predicted octanol–water partition coefficient (Wildman–Crippen LogP) is 5.48. The van der Waals surface area contributed by atoms with Crippen LogP contribution in [0.2, 0.25) is 0 Å². The molecule has 0 bridgehead atoms. The molecule has 0 atom stereocenters. The minimum absolute atomic E-state index is 0.119. The molecule has 1 aliphatic rings. The third-order valence-electron chi connectivity index (χ3n) is 6.31. The highest BCUT2D eigenvalue weighted by Gasteiger charge is 2.19. The lowest BCUT2D eigenvalue weighted by Gasteiger charge is -2.31. The minimum Gasteiger partial charge on any atom is -0.393 e. The smallest absolute Gasteiger partial charge is 0.135 e. The van der Waals surface area contributed by atoms with Gasteiger partial charge in [0, 0.05) is 29.7 Å². The average molecular weight is 449 g/mol. The van der Waals surface area contributed by atoms with Gasteiger partial charge in [0.2, 0.25) is 0 Å². The first kappa shape index (κ1) is 21.5. The molecule has 5 rings (SSSR count). The number of aliphatic hydroxyl groups excluding tert-OH is 1. The zero-order chi connectivity index (χ0) is 22.9. The lowest BCUT2D eigenvalue weighted by molar-refractivity contribution is 0.145. The van der Waals surface area contributed by atoms with E-state index in [4.69, 9.17) is 0 Å². The number of piperidine rings is 1. The predicted molar refractivity (Wildman–Crippen MR) is 126 cm³/mol. The molecule has 0 unspecified atom stereocenters. The van der Waals surface area contributed by atoms with Crippen LogP contribution >= 0.6 is 0 Å². The largest absolute Gasteiger partial charge is 0.393 e. The molecule has 1 saturated heterocycles. The van der Waals surface area contributed by atoms with Crippen molar-refractivity contribution >= 4 is 16.6 Å². The lowest BCUT2D eigenvalue weighted by Crippen LogP contribution is -2.35. The Hall–Kier alpha value is -3.32. The quantitative estimate of drug-likeness (QED) is 0.424. The van der Waals surface area contributed by atoms with E-state index in [2.05, 4.69) is 20.1 Å². The van der Waals surface area contributed by atoms with Crippen LogP contribution in [0.5, 0.6) is 0 Å². The van der Waals surface area contributed by atoms with Crippen molar-refractivity contribution in [1.29, 1.82) is 0 Å². The van der Waals surface area contributed by atoms with Gasteiger partial charge in [-0.05, 0) is 55.2 Å². The number of nitrogens with zero attached hydrogens (tertiary/aromatic N) is 3. The summed E-state index contributed by atoms with van der Waals surface area (Å²) in [5, 5.41) is 17.9. The Labute approximate surface area is 191 Å². The highest BCUT2D eigenvalue weighted by atomic mass is 19.1. The van der Waals surface area contributed by atoms with E-state index in [0.717, 1.165) is 49.0 Å². The van der Waals surface area contributed by atoms with Crippen molar-refractivity contribution < 1.29 is 13.9 Å². The Kier molecular flexibility index (Phi) is 5.81. The molecule has 0 amide bonds. The number of pyridine rings is 1. The number of aromatic amines is 1. The maximum Gasteiger partial charge on any atom is 0.135 e. The molecule has 2 N–H and O–H groups in total. The van der Waals surface area contributed by atoms with Crippen LogP contribution in [0.3, 0.4) is 0 Å². The summed E-state index contributed by atoms with van der Waals surface area (Å²) in [6.07, 6.45) is 4.34. The van der Waals surface area contributed by atoms with E-state index in [-0.39, 0.29) is 17.4 Å². The summed E-state index contributed by atoms with van der Waals surface area (Å²) < 4.78 is 29.6. The van der Waals surface area contributed by atoms with Crippen LogP contribution in [0.25, 0.3) is 33.4 Å². The number of benzene rings is 2. The van der Waals surface area contributed by atoms with Crippen LogP contribution < -0.4 is 4.90 Å². The number of nitrogens with one attached hydrogen (secondary N) is 1. The van der Waals surface area contributed by atoms with Crippen LogP contribution in [0, 0.1) is 11.6 Å². The molecule has 0 saturated carbocycles. The summed E-state index contributed by atoms with van der Waals surface area (Å²) in [6.45, 7) is 3.63. The molecule has 4 aromatic rings. The van der Waals surface area contributed by atoms with Crippen LogP contribution in [0.15, 0.2) is 48.7 Å². The van der Waals surface area contributed by atoms with Crippen LogP contribution in [0.1, 0.15) is 31.7 Å². The third-order valence-corrected chi connectivity index (χ3v) is 6.31. The Balaban J connectivity index is 1.48. The lowest BCUT2D eigenvalue weighted by atomic mass is 10.0. The Morgan fingerprint density at radius 2 is 1.76 bits per heavy atom. The van der Waals surface area contributed by atoms with Gasteiger partial charge < -0.3 is 10.0 Å². The fraction of sp³-hybridized carbons (Fsp3) is 0.308. The van der Waals surface area contributed by atoms with E-state index in [9.17, 15) is 13.9 Å². The molecule has 2 aromatic heterocycles. The maximum absolute atomic E-state index is 14.8. The van der Waals surface area contributed by atoms with E-state index in [1.807, 2.05) is 31.2 Å². The molecule has 1 aliphatic heterocycles. The Bertz CT molecular complexity index is 1250. The number of rotatable bonds is 5. The second-order valence-electron chi connectivity index (χ2n) is 8.64. The van der Waals surface area contributed by atoms with E-state index >= 15 is 0 Å². The van der Waals surface area contributed by atoms with E-state index in [1.165, 1.54) is 12.1 Å². The molecule has 5 nitrogen and oxygen atoms in total. The molecule has 2 aromatic carbocycles. The van der Waals surface area contributed by atoms with Crippen molar-refractivity contribution in [3.05, 3.63) is 65.9 Å². The van der Waals surface area contributed by atoms with Crippen molar-refractivity contribution in [2.45, 2.75) is 38.7 Å². The van der Waals surface area contributed by atoms with Gasteiger partial charge in [-0.3, -0.25) is 10.1 Å². The standard InChI is InChI=1S/C26H26F2N4O/c1-2-3-16-12-21(27)25(22(28)13-16)23-14-20-24(15-29-23)30-31-26(20)17-4-6-18(7-5-17)32-10-8-19(33)9-11-32/h4-7,12-15,19,33H,2-3,8-11H2,1H3,(H,30,31). The molecule has 0 radical (unpaired) electrons. The van der Waals surface area contributed by atoms with Gasteiger partial charge in [-0.2, -0.15) is 5.10 Å². The van der Waals surface area contributed by atoms with Crippen molar-refractivity contribution in [2.24, 2.45) is 0 Å². The topological polar surface area (TPSA) is 65.0 Å². The number of aromatic nitrogens is 3. The maximum atomic E-state index is 14.8. The number of anilines is 1. The monoisotopic (exact) mass is 448 g/mol.